The summed E-state index contributed by atoms with van der Waals surface area (Å²) in [6.07, 6.45) is 0. The number of carbonyl (C=O) groups is 1. The highest BCUT2D eigenvalue weighted by Gasteiger charge is 2.14. The van der Waals surface area contributed by atoms with Crippen molar-refractivity contribution in [1.82, 2.24) is 20.1 Å². The lowest BCUT2D eigenvalue weighted by atomic mass is 10.2. The maximum atomic E-state index is 11.8. The fourth-order valence-electron chi connectivity index (χ4n) is 2.13. The molecule has 1 aromatic heterocycles. The van der Waals surface area contributed by atoms with Crippen molar-refractivity contribution in [2.24, 2.45) is 0 Å². The van der Waals surface area contributed by atoms with Crippen molar-refractivity contribution < 1.29 is 9.53 Å². The van der Waals surface area contributed by atoms with Crippen LogP contribution in [-0.4, -0.2) is 39.6 Å². The topological polar surface area (TPSA) is 69.0 Å². The Labute approximate surface area is 140 Å². The molecule has 2 aromatic rings. The van der Waals surface area contributed by atoms with Crippen LogP contribution in [0.1, 0.15) is 20.8 Å². The van der Waals surface area contributed by atoms with E-state index < -0.39 is 0 Å². The van der Waals surface area contributed by atoms with Crippen LogP contribution in [0, 0.1) is 0 Å². The predicted molar refractivity (Wildman–Crippen MR) is 91.7 cm³/mol. The van der Waals surface area contributed by atoms with Gasteiger partial charge < -0.3 is 14.6 Å². The summed E-state index contributed by atoms with van der Waals surface area (Å²) < 4.78 is 7.18. The Kier molecular flexibility index (Phi) is 6.04. The van der Waals surface area contributed by atoms with Crippen LogP contribution in [0.25, 0.3) is 11.4 Å². The zero-order chi connectivity index (χ0) is 16.8. The van der Waals surface area contributed by atoms with Crippen molar-refractivity contribution >= 4 is 17.7 Å². The Hall–Kier alpha value is -2.02. The number of hydrogen-bond acceptors (Lipinski definition) is 5. The Morgan fingerprint density at radius 1 is 1.30 bits per heavy atom. The van der Waals surface area contributed by atoms with Gasteiger partial charge in [0.15, 0.2) is 11.0 Å². The fourth-order valence-corrected chi connectivity index (χ4v) is 2.94. The van der Waals surface area contributed by atoms with Gasteiger partial charge in [-0.25, -0.2) is 0 Å². The van der Waals surface area contributed by atoms with Gasteiger partial charge in [-0.1, -0.05) is 11.8 Å². The van der Waals surface area contributed by atoms with Crippen molar-refractivity contribution in [2.45, 2.75) is 38.5 Å². The van der Waals surface area contributed by atoms with Crippen LogP contribution in [0.5, 0.6) is 5.75 Å². The number of methoxy groups -OCH3 is 1. The second-order valence-electron chi connectivity index (χ2n) is 5.29. The summed E-state index contributed by atoms with van der Waals surface area (Å²) >= 11 is 1.40. The third kappa shape index (κ3) is 4.48. The van der Waals surface area contributed by atoms with E-state index in [1.807, 2.05) is 49.6 Å². The van der Waals surface area contributed by atoms with Crippen LogP contribution in [0.3, 0.4) is 0 Å². The first-order valence-electron chi connectivity index (χ1n) is 7.55. The van der Waals surface area contributed by atoms with Crippen LogP contribution >= 0.6 is 11.8 Å². The van der Waals surface area contributed by atoms with Crippen molar-refractivity contribution in [3.63, 3.8) is 0 Å². The number of carbonyl (C=O) groups excluding carboxylic acids is 1. The summed E-state index contributed by atoms with van der Waals surface area (Å²) in [6, 6.07) is 7.84. The number of thioether (sulfide) groups is 1. The molecule has 0 fully saturated rings. The maximum Gasteiger partial charge on any atom is 0.230 e. The summed E-state index contributed by atoms with van der Waals surface area (Å²) in [6.45, 7) is 6.66. The van der Waals surface area contributed by atoms with Gasteiger partial charge in [0.05, 0.1) is 12.9 Å². The summed E-state index contributed by atoms with van der Waals surface area (Å²) in [5.74, 6) is 1.93. The minimum absolute atomic E-state index is 0.00153. The number of ether oxygens (including phenoxy) is 1. The van der Waals surface area contributed by atoms with Gasteiger partial charge in [0.25, 0.3) is 0 Å². The predicted octanol–water partition coefficient (Wildman–Crippen LogP) is 2.59. The molecule has 0 saturated carbocycles. The number of nitrogens with zero attached hydrogens (tertiary/aromatic N) is 3. The molecule has 23 heavy (non-hydrogen) atoms. The molecule has 1 amide bonds. The summed E-state index contributed by atoms with van der Waals surface area (Å²) in [4.78, 5) is 11.8. The first kappa shape index (κ1) is 17.3. The number of aromatic nitrogens is 3. The van der Waals surface area contributed by atoms with E-state index >= 15 is 0 Å². The normalized spacial score (nSPS) is 10.8. The molecule has 0 spiro atoms. The Morgan fingerprint density at radius 3 is 2.57 bits per heavy atom. The minimum Gasteiger partial charge on any atom is -0.497 e. The first-order chi connectivity index (χ1) is 11.0. The van der Waals surface area contributed by atoms with Gasteiger partial charge >= 0.3 is 0 Å². The number of hydrogen-bond donors (Lipinski definition) is 1. The van der Waals surface area contributed by atoms with E-state index in [9.17, 15) is 4.79 Å². The Bertz CT molecular complexity index is 653. The van der Waals surface area contributed by atoms with Crippen molar-refractivity contribution in [3.05, 3.63) is 24.3 Å². The zero-order valence-corrected chi connectivity index (χ0v) is 14.7. The first-order valence-corrected chi connectivity index (χ1v) is 8.53. The highest BCUT2D eigenvalue weighted by molar-refractivity contribution is 7.99. The molecule has 0 aliphatic carbocycles. The number of rotatable bonds is 7. The van der Waals surface area contributed by atoms with Crippen LogP contribution in [0.2, 0.25) is 0 Å². The molecule has 1 aromatic carbocycles. The third-order valence-corrected chi connectivity index (χ3v) is 4.13. The molecule has 0 aliphatic heterocycles. The highest BCUT2D eigenvalue weighted by Crippen LogP contribution is 2.25. The summed E-state index contributed by atoms with van der Waals surface area (Å²) in [5.41, 5.74) is 0.971. The molecule has 1 heterocycles. The van der Waals surface area contributed by atoms with E-state index in [1.54, 1.807) is 7.11 Å². The second kappa shape index (κ2) is 8.01. The van der Waals surface area contributed by atoms with Gasteiger partial charge in [0.1, 0.15) is 5.75 Å². The van der Waals surface area contributed by atoms with Crippen LogP contribution in [0.4, 0.5) is 0 Å². The highest BCUT2D eigenvalue weighted by atomic mass is 32.2. The average molecular weight is 334 g/mol. The quantitative estimate of drug-likeness (QED) is 0.788. The van der Waals surface area contributed by atoms with Crippen molar-refractivity contribution in [1.29, 1.82) is 0 Å². The average Bonchev–Trinajstić information content (AvgIpc) is 2.95. The molecular formula is C16H22N4O2S. The van der Waals surface area contributed by atoms with Gasteiger partial charge in [0, 0.05) is 18.2 Å². The largest absolute Gasteiger partial charge is 0.497 e. The SMILES string of the molecule is CCn1c(SCC(=O)NC(C)C)nnc1-c1ccc(OC)cc1. The number of benzene rings is 1. The van der Waals surface area contributed by atoms with E-state index in [2.05, 4.69) is 15.5 Å². The minimum atomic E-state index is 0.00153. The second-order valence-corrected chi connectivity index (χ2v) is 6.23. The number of amides is 1. The molecule has 1 N–H and O–H groups in total. The van der Waals surface area contributed by atoms with Gasteiger partial charge in [-0.3, -0.25) is 4.79 Å². The van der Waals surface area contributed by atoms with Crippen LogP contribution < -0.4 is 10.1 Å². The van der Waals surface area contributed by atoms with Crippen LogP contribution in [-0.2, 0) is 11.3 Å². The van der Waals surface area contributed by atoms with Crippen molar-refractivity contribution in [2.75, 3.05) is 12.9 Å². The Balaban J connectivity index is 2.14. The van der Waals surface area contributed by atoms with E-state index in [4.69, 9.17) is 4.74 Å². The van der Waals surface area contributed by atoms with Gasteiger partial charge in [-0.2, -0.15) is 0 Å². The molecule has 0 aliphatic rings. The maximum absolute atomic E-state index is 11.8. The van der Waals surface area contributed by atoms with Crippen molar-refractivity contribution in [3.8, 4) is 17.1 Å². The molecule has 0 radical (unpaired) electrons. The van der Waals surface area contributed by atoms with Gasteiger partial charge in [-0.15, -0.1) is 10.2 Å². The molecule has 124 valence electrons. The van der Waals surface area contributed by atoms with E-state index in [1.165, 1.54) is 11.8 Å². The smallest absolute Gasteiger partial charge is 0.230 e. The molecule has 0 unspecified atom stereocenters. The molecule has 0 bridgehead atoms. The fraction of sp³-hybridized carbons (Fsp3) is 0.438. The van der Waals surface area contributed by atoms with E-state index in [0.29, 0.717) is 5.75 Å². The zero-order valence-electron chi connectivity index (χ0n) is 13.9. The summed E-state index contributed by atoms with van der Waals surface area (Å²) in [7, 11) is 1.64. The molecule has 2 rings (SSSR count). The molecule has 0 saturated heterocycles. The van der Waals surface area contributed by atoms with E-state index in [0.717, 1.165) is 28.8 Å². The molecular weight excluding hydrogens is 312 g/mol. The van der Waals surface area contributed by atoms with Gasteiger partial charge in [0.2, 0.25) is 5.91 Å². The third-order valence-electron chi connectivity index (χ3n) is 3.16. The molecule has 7 heteroatoms. The molecule has 6 nitrogen and oxygen atoms in total. The van der Waals surface area contributed by atoms with E-state index in [-0.39, 0.29) is 11.9 Å². The van der Waals surface area contributed by atoms with Crippen LogP contribution in [0.15, 0.2) is 29.4 Å². The lowest BCUT2D eigenvalue weighted by molar-refractivity contribution is -0.119. The Morgan fingerprint density at radius 2 is 2.00 bits per heavy atom. The number of nitrogens with one attached hydrogen (secondary N) is 1. The monoisotopic (exact) mass is 334 g/mol. The lowest BCUT2D eigenvalue weighted by Gasteiger charge is -2.09. The summed E-state index contributed by atoms with van der Waals surface area (Å²) in [5, 5.41) is 12.1. The molecule has 0 atom stereocenters. The van der Waals surface area contributed by atoms with Gasteiger partial charge in [-0.05, 0) is 45.0 Å². The standard InChI is InChI=1S/C16H22N4O2S/c1-5-20-15(12-6-8-13(22-4)9-7-12)18-19-16(20)23-10-14(21)17-11(2)3/h6-9,11H,5,10H2,1-4H3,(H,17,21). The lowest BCUT2D eigenvalue weighted by Crippen LogP contribution is -2.31.